The van der Waals surface area contributed by atoms with Crippen molar-refractivity contribution in [1.29, 1.82) is 0 Å². The third-order valence-corrected chi connectivity index (χ3v) is 9.82. The van der Waals surface area contributed by atoms with Crippen molar-refractivity contribution in [3.8, 4) is 0 Å². The Bertz CT molecular complexity index is 2210. The zero-order valence-electron chi connectivity index (χ0n) is 43.8. The lowest BCUT2D eigenvalue weighted by Crippen LogP contribution is -2.52. The molecule has 0 aromatic carbocycles. The number of rotatable bonds is 36. The molecule has 6 atom stereocenters. The first-order valence-electron chi connectivity index (χ1n) is 23.9. The van der Waals surface area contributed by atoms with E-state index in [-0.39, 0.29) is 6.42 Å². The number of hydrogen-bond acceptors (Lipinski definition) is 18. The first-order valence-corrected chi connectivity index (χ1v) is 23.9. The largest absolute Gasteiger partial charge is 0.480 e. The van der Waals surface area contributed by atoms with Gasteiger partial charge in [0.1, 0.15) is 36.3 Å². The minimum atomic E-state index is -1.26. The lowest BCUT2D eigenvalue weighted by atomic mass is 10.1. The lowest BCUT2D eigenvalue weighted by molar-refractivity contribution is -0.142. The van der Waals surface area contributed by atoms with Gasteiger partial charge in [0, 0.05) is 6.92 Å². The second-order valence-electron chi connectivity index (χ2n) is 16.8. The SMILES string of the molecule is CC(=O)N[C@@H](C)C(=O)NCC(=O)NCC(=O)N[C@@H](C)C(=O)NCC(=O)NCC(=O)N[C@@H](C)C(=O)NCC(=O)NCC(=O)N[C@@H](C)C(=O)NCC(=O)NCC(=O)N[C@@H](C)C(=O)NCC(=O)NCC(=O)N[C@@H](CCCCN)C(=O)O. The topological polar surface area (TPSA) is 529 Å². The van der Waals surface area contributed by atoms with E-state index < -0.39 is 202 Å². The molecule has 0 aliphatic heterocycles. The monoisotopic (exact) mass is 1110 g/mol. The van der Waals surface area contributed by atoms with E-state index in [0.29, 0.717) is 19.4 Å². The molecule has 0 heterocycles. The zero-order valence-corrected chi connectivity index (χ0v) is 43.8. The van der Waals surface area contributed by atoms with Crippen molar-refractivity contribution in [1.82, 2.24) is 85.1 Å². The first kappa shape index (κ1) is 69.0. The highest BCUT2D eigenvalue weighted by atomic mass is 16.4. The van der Waals surface area contributed by atoms with Crippen molar-refractivity contribution in [3.63, 3.8) is 0 Å². The second kappa shape index (κ2) is 37.6. The molecule has 0 unspecified atom stereocenters. The van der Waals surface area contributed by atoms with Gasteiger partial charge >= 0.3 is 5.97 Å². The van der Waals surface area contributed by atoms with Gasteiger partial charge in [-0.3, -0.25) is 76.7 Å². The number of unbranched alkanes of at least 4 members (excludes halogenated alkanes) is 1. The molecule has 0 saturated carbocycles. The van der Waals surface area contributed by atoms with Crippen LogP contribution in [0.2, 0.25) is 0 Å². The Morgan fingerprint density at radius 1 is 0.321 bits per heavy atom. The van der Waals surface area contributed by atoms with Crippen LogP contribution in [0.15, 0.2) is 0 Å². The Hall–Kier alpha value is -9.05. The van der Waals surface area contributed by atoms with Crippen LogP contribution < -0.4 is 90.8 Å². The lowest BCUT2D eigenvalue weighted by Gasteiger charge is -2.16. The van der Waals surface area contributed by atoms with Crippen molar-refractivity contribution in [2.75, 3.05) is 72.0 Å². The maximum Gasteiger partial charge on any atom is 0.326 e. The summed E-state index contributed by atoms with van der Waals surface area (Å²) in [6.07, 6.45) is 1.16. The smallest absolute Gasteiger partial charge is 0.326 e. The normalized spacial score (nSPS) is 12.6. The molecule has 0 bridgehead atoms. The number of carboxylic acids is 1. The summed E-state index contributed by atoms with van der Waals surface area (Å²) in [5.74, 6) is -13.7. The number of carboxylic acid groups (broad SMARTS) is 1. The Morgan fingerprint density at radius 2 is 0.538 bits per heavy atom. The maximum atomic E-state index is 12.4. The van der Waals surface area contributed by atoms with Crippen LogP contribution in [-0.4, -0.2) is 214 Å². The van der Waals surface area contributed by atoms with Crippen LogP contribution in [0.1, 0.15) is 60.8 Å². The van der Waals surface area contributed by atoms with Crippen LogP contribution in [0.5, 0.6) is 0 Å². The van der Waals surface area contributed by atoms with Crippen LogP contribution in [0, 0.1) is 0 Å². The molecule has 16 amide bonds. The predicted octanol–water partition coefficient (Wildman–Crippen LogP) is -11.6. The van der Waals surface area contributed by atoms with Gasteiger partial charge in [-0.2, -0.15) is 0 Å². The van der Waals surface area contributed by atoms with E-state index in [0.717, 1.165) is 0 Å². The minimum absolute atomic E-state index is 0.137. The molecule has 0 radical (unpaired) electrons. The summed E-state index contributed by atoms with van der Waals surface area (Å²) in [7, 11) is 0. The average Bonchev–Trinajstić information content (AvgIpc) is 3.37. The summed E-state index contributed by atoms with van der Waals surface area (Å²) in [5, 5.41) is 45.1. The second-order valence-corrected chi connectivity index (χ2v) is 16.8. The van der Waals surface area contributed by atoms with Crippen molar-refractivity contribution in [2.45, 2.75) is 97.1 Å². The summed E-state index contributed by atoms with van der Waals surface area (Å²) < 4.78 is 0. The van der Waals surface area contributed by atoms with Crippen molar-refractivity contribution in [2.24, 2.45) is 5.73 Å². The molecule has 0 saturated heterocycles. The van der Waals surface area contributed by atoms with Crippen LogP contribution in [-0.2, 0) is 81.5 Å². The Kier molecular flexibility index (Phi) is 33.3. The van der Waals surface area contributed by atoms with Crippen LogP contribution in [0.25, 0.3) is 0 Å². The Balaban J connectivity index is 4.38. The van der Waals surface area contributed by atoms with Gasteiger partial charge in [-0.1, -0.05) is 0 Å². The number of amides is 16. The number of aliphatic carboxylic acids is 1. The average molecular weight is 1110 g/mol. The summed E-state index contributed by atoms with van der Waals surface area (Å²) in [4.78, 5) is 205. The van der Waals surface area contributed by atoms with E-state index in [1.807, 2.05) is 0 Å². The highest BCUT2D eigenvalue weighted by molar-refractivity contribution is 5.97. The fourth-order valence-electron chi connectivity index (χ4n) is 5.61. The summed E-state index contributed by atoms with van der Waals surface area (Å²) in [6.45, 7) is 1.99. The third kappa shape index (κ3) is 33.0. The highest BCUT2D eigenvalue weighted by Gasteiger charge is 2.24. The molecular formula is C43H71N17O18. The molecule has 0 aliphatic rings. The number of hydrogen-bond donors (Lipinski definition) is 18. The first-order chi connectivity index (χ1) is 36.5. The molecule has 436 valence electrons. The quantitative estimate of drug-likeness (QED) is 0.0259. The number of nitrogens with one attached hydrogen (secondary N) is 16. The van der Waals surface area contributed by atoms with Gasteiger partial charge in [0.15, 0.2) is 0 Å². The molecule has 0 aromatic rings. The zero-order chi connectivity index (χ0) is 59.5. The molecule has 0 aromatic heterocycles. The maximum absolute atomic E-state index is 12.4. The van der Waals surface area contributed by atoms with Crippen LogP contribution in [0.4, 0.5) is 0 Å². The molecule has 35 heteroatoms. The number of nitrogens with two attached hydrogens (primary N) is 1. The predicted molar refractivity (Wildman–Crippen MR) is 266 cm³/mol. The van der Waals surface area contributed by atoms with E-state index >= 15 is 0 Å². The summed E-state index contributed by atoms with van der Waals surface area (Å²) >= 11 is 0. The molecule has 35 nitrogen and oxygen atoms in total. The van der Waals surface area contributed by atoms with Crippen molar-refractivity contribution < 1.29 is 86.6 Å². The van der Waals surface area contributed by atoms with E-state index in [1.54, 1.807) is 0 Å². The van der Waals surface area contributed by atoms with E-state index in [9.17, 15) is 86.6 Å². The van der Waals surface area contributed by atoms with Gasteiger partial charge in [-0.15, -0.1) is 0 Å². The summed E-state index contributed by atoms with van der Waals surface area (Å²) in [6, 6.07) is -6.87. The van der Waals surface area contributed by atoms with Crippen LogP contribution in [0.3, 0.4) is 0 Å². The van der Waals surface area contributed by atoms with Crippen LogP contribution >= 0.6 is 0 Å². The molecule has 0 spiro atoms. The van der Waals surface area contributed by atoms with Crippen molar-refractivity contribution >= 4 is 100 Å². The van der Waals surface area contributed by atoms with Gasteiger partial charge in [0.05, 0.1) is 65.4 Å². The number of carbonyl (C=O) groups excluding carboxylic acids is 16. The molecule has 19 N–H and O–H groups in total. The Labute approximate surface area is 446 Å². The molecule has 0 aliphatic carbocycles. The standard InChI is InChI=1S/C43H71N17O18/c1-21(55-26(6)61)38(72)50-11-28(62)45-16-33(67)56-22(2)39(73)51-12-29(63)46-17-34(68)57-23(3)40(74)52-13-30(64)47-18-35(69)58-24(4)41(75)53-14-31(65)48-19-36(70)59-25(5)42(76)54-15-32(66)49-20-37(71)60-27(43(77)78)9-7-8-10-44/h21-25,27H,7-20,44H2,1-6H3,(H,45,62)(H,46,63)(H,47,64)(H,48,65)(H,49,66)(H,50,72)(H,51,73)(H,52,74)(H,53,75)(H,54,76)(H,55,61)(H,56,67)(H,57,68)(H,58,69)(H,59,70)(H,60,71)(H,77,78)/t21-,22-,23-,24-,25-,27-/m0/s1. The molecular weight excluding hydrogens is 1040 g/mol. The highest BCUT2D eigenvalue weighted by Crippen LogP contribution is 2.00. The molecule has 0 rings (SSSR count). The number of carbonyl (C=O) groups is 17. The Morgan fingerprint density at radius 3 is 0.756 bits per heavy atom. The fraction of sp³-hybridized carbons (Fsp3) is 0.605. The van der Waals surface area contributed by atoms with Gasteiger partial charge in [-0.05, 0) is 60.4 Å². The minimum Gasteiger partial charge on any atom is -0.480 e. The van der Waals surface area contributed by atoms with E-state index in [4.69, 9.17) is 5.73 Å². The van der Waals surface area contributed by atoms with Gasteiger partial charge in [0.25, 0.3) is 0 Å². The third-order valence-electron chi connectivity index (χ3n) is 9.82. The van der Waals surface area contributed by atoms with Crippen molar-refractivity contribution in [3.05, 3.63) is 0 Å². The van der Waals surface area contributed by atoms with E-state index in [1.165, 1.54) is 41.5 Å². The van der Waals surface area contributed by atoms with Gasteiger partial charge < -0.3 is 95.9 Å². The van der Waals surface area contributed by atoms with Gasteiger partial charge in [-0.25, -0.2) is 4.79 Å². The molecule has 78 heavy (non-hydrogen) atoms. The van der Waals surface area contributed by atoms with E-state index in [2.05, 4.69) is 85.1 Å². The van der Waals surface area contributed by atoms with Gasteiger partial charge in [0.2, 0.25) is 94.5 Å². The summed E-state index contributed by atoms with van der Waals surface area (Å²) in [5.41, 5.74) is 5.38. The molecule has 0 fully saturated rings. The fourth-order valence-corrected chi connectivity index (χ4v) is 5.61.